The van der Waals surface area contributed by atoms with Crippen molar-refractivity contribution in [1.29, 1.82) is 0 Å². The Morgan fingerprint density at radius 1 is 0.683 bits per heavy atom. The maximum absolute atomic E-state index is 2.93. The van der Waals surface area contributed by atoms with Crippen LogP contribution in [0.4, 0.5) is 0 Å². The first-order valence-electron chi connectivity index (χ1n) is 18.1. The highest BCUT2D eigenvalue weighted by molar-refractivity contribution is 6.80. The van der Waals surface area contributed by atoms with Crippen LogP contribution in [-0.4, -0.2) is 8.07 Å². The first-order chi connectivity index (χ1) is 20.0. The summed E-state index contributed by atoms with van der Waals surface area (Å²) in [6.45, 7) is 10.9. The molecule has 222 valence electrons. The first kappa shape index (κ1) is 28.4. The summed E-state index contributed by atoms with van der Waals surface area (Å²) in [5, 5.41) is 0. The third-order valence-corrected chi connectivity index (χ3v) is 19.6. The molecule has 5 fully saturated rings. The van der Waals surface area contributed by atoms with Gasteiger partial charge in [0.1, 0.15) is 0 Å². The molecule has 0 N–H and O–H groups in total. The Kier molecular flexibility index (Phi) is 8.06. The van der Waals surface area contributed by atoms with E-state index in [2.05, 4.69) is 81.5 Å². The number of hydrogen-bond donors (Lipinski definition) is 0. The van der Waals surface area contributed by atoms with Gasteiger partial charge in [-0.15, -0.1) is 0 Å². The molecule has 7 rings (SSSR count). The van der Waals surface area contributed by atoms with Gasteiger partial charge < -0.3 is 0 Å². The Bertz CT molecular complexity index is 1170. The molecule has 0 aliphatic heterocycles. The van der Waals surface area contributed by atoms with Gasteiger partial charge in [0.05, 0.1) is 8.07 Å². The predicted octanol–water partition coefficient (Wildman–Crippen LogP) is 12.0. The molecule has 0 radical (unpaired) electrons. The lowest BCUT2D eigenvalue weighted by Gasteiger charge is -2.47. The van der Waals surface area contributed by atoms with Gasteiger partial charge in [-0.05, 0) is 113 Å². The molecule has 0 spiro atoms. The highest BCUT2D eigenvalue weighted by atomic mass is 28.3. The fourth-order valence-electron chi connectivity index (χ4n) is 12.6. The Morgan fingerprint density at radius 3 is 2.17 bits per heavy atom. The van der Waals surface area contributed by atoms with E-state index in [1.165, 1.54) is 56.1 Å². The highest BCUT2D eigenvalue weighted by Crippen LogP contribution is 2.67. The minimum Gasteiger partial charge on any atom is -0.0689 e. The van der Waals surface area contributed by atoms with Gasteiger partial charge in [-0.25, -0.2) is 0 Å². The van der Waals surface area contributed by atoms with Gasteiger partial charge in [-0.1, -0.05) is 133 Å². The van der Waals surface area contributed by atoms with Crippen molar-refractivity contribution in [2.75, 3.05) is 0 Å². The smallest absolute Gasteiger partial charge is 0.0541 e. The third-order valence-electron chi connectivity index (χ3n) is 14.4. The van der Waals surface area contributed by atoms with Crippen molar-refractivity contribution in [3.63, 3.8) is 0 Å². The predicted molar refractivity (Wildman–Crippen MR) is 179 cm³/mol. The molecule has 0 saturated heterocycles. The lowest BCUT2D eigenvalue weighted by molar-refractivity contribution is 0.108. The summed E-state index contributed by atoms with van der Waals surface area (Å²) < 4.78 is 0. The zero-order valence-corrected chi connectivity index (χ0v) is 27.7. The maximum atomic E-state index is 2.93. The summed E-state index contributed by atoms with van der Waals surface area (Å²) in [5.41, 5.74) is 6.76. The number of fused-ring (bicyclic) bond motifs is 3. The van der Waals surface area contributed by atoms with E-state index in [-0.39, 0.29) is 0 Å². The van der Waals surface area contributed by atoms with Crippen LogP contribution in [0.15, 0.2) is 54.6 Å². The molecule has 5 aliphatic rings. The molecule has 0 heterocycles. The lowest BCUT2D eigenvalue weighted by atomic mass is 9.67. The fraction of sp³-hybridized carbons (Fsp3) is 0.700. The first-order valence-corrected chi connectivity index (χ1v) is 21.3. The second-order valence-electron chi connectivity index (χ2n) is 16.3. The summed E-state index contributed by atoms with van der Waals surface area (Å²) in [5.74, 6) is 9.00. The van der Waals surface area contributed by atoms with E-state index < -0.39 is 8.07 Å². The van der Waals surface area contributed by atoms with Gasteiger partial charge in [0.2, 0.25) is 0 Å². The van der Waals surface area contributed by atoms with Crippen molar-refractivity contribution < 1.29 is 0 Å². The number of rotatable bonds is 7. The van der Waals surface area contributed by atoms with Crippen molar-refractivity contribution >= 4 is 8.07 Å². The van der Waals surface area contributed by atoms with E-state index in [1.54, 1.807) is 44.1 Å². The van der Waals surface area contributed by atoms with Crippen LogP contribution in [0.25, 0.3) is 11.1 Å². The minimum absolute atomic E-state index is 0.766. The Balaban J connectivity index is 1.16. The maximum Gasteiger partial charge on any atom is 0.0541 e. The quantitative estimate of drug-likeness (QED) is 0.292. The normalized spacial score (nSPS) is 39.2. The molecule has 1 heteroatoms. The molecule has 41 heavy (non-hydrogen) atoms. The Labute approximate surface area is 253 Å². The average Bonchev–Trinajstić information content (AvgIpc) is 3.73. The van der Waals surface area contributed by atoms with E-state index >= 15 is 0 Å². The molecule has 0 bridgehead atoms. The summed E-state index contributed by atoms with van der Waals surface area (Å²) in [4.78, 5) is 0. The van der Waals surface area contributed by atoms with Crippen LogP contribution < -0.4 is 0 Å². The van der Waals surface area contributed by atoms with Crippen molar-refractivity contribution in [3.05, 3.63) is 60.2 Å². The van der Waals surface area contributed by atoms with Crippen LogP contribution >= 0.6 is 0 Å². The molecule has 0 nitrogen and oxygen atoms in total. The minimum atomic E-state index is -1.42. The molecule has 0 aromatic heterocycles. The molecule has 2 aromatic carbocycles. The second kappa shape index (κ2) is 11.6. The topological polar surface area (TPSA) is 0 Å². The van der Waals surface area contributed by atoms with E-state index in [4.69, 9.17) is 0 Å². The highest BCUT2D eigenvalue weighted by Gasteiger charge is 2.59. The average molecular weight is 567 g/mol. The lowest BCUT2D eigenvalue weighted by Crippen LogP contribution is -2.44. The zero-order valence-electron chi connectivity index (χ0n) is 26.7. The van der Waals surface area contributed by atoms with Crippen molar-refractivity contribution in [1.82, 2.24) is 0 Å². The molecule has 11 unspecified atom stereocenters. The van der Waals surface area contributed by atoms with Crippen LogP contribution in [-0.2, 0) is 0 Å². The van der Waals surface area contributed by atoms with Crippen LogP contribution in [0, 0.1) is 47.3 Å². The van der Waals surface area contributed by atoms with E-state index in [9.17, 15) is 0 Å². The van der Waals surface area contributed by atoms with Gasteiger partial charge in [0.25, 0.3) is 0 Å². The zero-order chi connectivity index (χ0) is 28.1. The van der Waals surface area contributed by atoms with Gasteiger partial charge in [0, 0.05) is 0 Å². The van der Waals surface area contributed by atoms with E-state index in [1.807, 2.05) is 0 Å². The van der Waals surface area contributed by atoms with Crippen molar-refractivity contribution in [2.24, 2.45) is 47.3 Å². The summed E-state index contributed by atoms with van der Waals surface area (Å²) >= 11 is 0. The third kappa shape index (κ3) is 5.03. The van der Waals surface area contributed by atoms with Crippen molar-refractivity contribution in [3.8, 4) is 11.1 Å². The Hall–Kier alpha value is -1.34. The van der Waals surface area contributed by atoms with Crippen LogP contribution in [0.3, 0.4) is 0 Å². The molecule has 2 aromatic rings. The molecule has 11 atom stereocenters. The van der Waals surface area contributed by atoms with Gasteiger partial charge >= 0.3 is 0 Å². The molecule has 5 saturated carbocycles. The second-order valence-corrected chi connectivity index (χ2v) is 21.5. The Morgan fingerprint density at radius 2 is 1.39 bits per heavy atom. The standard InChI is InChI=1S/C40H58Si/c1-5-13-27(2)36-26-40(38-25-30-17-11-16-29(30)24-37(36)38)41(3,4)39-23-22-34-33(20-12-21-35(34)39)32-19-10-9-18-31(32)28-14-7-6-8-15-28/h6-10,14-15,18-19,27,29-30,33-40H,5,11-13,16-17,20-26H2,1-4H3. The number of benzene rings is 2. The van der Waals surface area contributed by atoms with Gasteiger partial charge in [-0.3, -0.25) is 0 Å². The van der Waals surface area contributed by atoms with E-state index in [0.717, 1.165) is 64.3 Å². The molecular weight excluding hydrogens is 509 g/mol. The summed E-state index contributed by atoms with van der Waals surface area (Å²) in [6.07, 6.45) is 19.8. The van der Waals surface area contributed by atoms with E-state index in [0.29, 0.717) is 0 Å². The number of hydrogen-bond acceptors (Lipinski definition) is 0. The fourth-order valence-corrected chi connectivity index (χ4v) is 18.0. The van der Waals surface area contributed by atoms with Crippen LogP contribution in [0.2, 0.25) is 24.2 Å². The SMILES string of the molecule is CCCC(C)C1CC([Si](C)(C)C2CCC3C(c4ccccc4-c4ccccc4)CCCC32)C2CC3CCCC3CC12. The summed E-state index contributed by atoms with van der Waals surface area (Å²) in [6, 6.07) is 20.8. The van der Waals surface area contributed by atoms with Gasteiger partial charge in [0.15, 0.2) is 0 Å². The summed E-state index contributed by atoms with van der Waals surface area (Å²) in [7, 11) is -1.42. The van der Waals surface area contributed by atoms with Gasteiger partial charge in [-0.2, -0.15) is 0 Å². The molecule has 0 amide bonds. The molecule has 5 aliphatic carbocycles. The largest absolute Gasteiger partial charge is 0.0689 e. The van der Waals surface area contributed by atoms with Crippen LogP contribution in [0.5, 0.6) is 0 Å². The van der Waals surface area contributed by atoms with Crippen LogP contribution in [0.1, 0.15) is 109 Å². The van der Waals surface area contributed by atoms with Crippen molar-refractivity contribution in [2.45, 2.75) is 127 Å². The monoisotopic (exact) mass is 566 g/mol. The molecular formula is C40H58Si.